The second-order valence-corrected chi connectivity index (χ2v) is 3.86. The van der Waals surface area contributed by atoms with E-state index in [9.17, 15) is 0 Å². The van der Waals surface area contributed by atoms with Crippen LogP contribution in [0.25, 0.3) is 11.1 Å². The van der Waals surface area contributed by atoms with Crippen molar-refractivity contribution >= 4 is 11.4 Å². The maximum Gasteiger partial charge on any atom is 0.0398 e. The number of aryl methyl sites for hydroxylation is 1. The van der Waals surface area contributed by atoms with Gasteiger partial charge in [0.1, 0.15) is 0 Å². The molecule has 0 aliphatic heterocycles. The second-order valence-electron chi connectivity index (χ2n) is 3.86. The van der Waals surface area contributed by atoms with Crippen molar-refractivity contribution in [1.29, 1.82) is 0 Å². The summed E-state index contributed by atoms with van der Waals surface area (Å²) in [5.41, 5.74) is 16.9. The molecular formula is C14H16N2. The maximum atomic E-state index is 6.04. The Morgan fingerprint density at radius 2 is 1.62 bits per heavy atom. The van der Waals surface area contributed by atoms with Gasteiger partial charge in [0.2, 0.25) is 0 Å². The van der Waals surface area contributed by atoms with Crippen LogP contribution in [0.1, 0.15) is 12.5 Å². The first kappa shape index (κ1) is 10.6. The number of nitrogens with two attached hydrogens (primary N) is 2. The first-order valence-corrected chi connectivity index (χ1v) is 5.45. The molecule has 2 heteroatoms. The van der Waals surface area contributed by atoms with Gasteiger partial charge in [0, 0.05) is 16.9 Å². The minimum Gasteiger partial charge on any atom is -0.398 e. The number of rotatable bonds is 2. The third kappa shape index (κ3) is 1.87. The summed E-state index contributed by atoms with van der Waals surface area (Å²) in [6.45, 7) is 2.08. The van der Waals surface area contributed by atoms with E-state index in [-0.39, 0.29) is 0 Å². The highest BCUT2D eigenvalue weighted by molar-refractivity contribution is 5.80. The van der Waals surface area contributed by atoms with E-state index in [4.69, 9.17) is 11.5 Å². The molecule has 0 amide bonds. The van der Waals surface area contributed by atoms with Crippen molar-refractivity contribution in [2.24, 2.45) is 0 Å². The molecule has 0 spiro atoms. The van der Waals surface area contributed by atoms with Gasteiger partial charge in [-0.05, 0) is 29.7 Å². The molecular weight excluding hydrogens is 196 g/mol. The molecule has 2 rings (SSSR count). The Balaban J connectivity index is 2.55. The topological polar surface area (TPSA) is 52.0 Å². The fourth-order valence-corrected chi connectivity index (χ4v) is 1.85. The SMILES string of the molecule is CCc1cc(N)c(-c2ccccc2)cc1N. The predicted octanol–water partition coefficient (Wildman–Crippen LogP) is 3.08. The van der Waals surface area contributed by atoms with Crippen LogP contribution in [0.3, 0.4) is 0 Å². The van der Waals surface area contributed by atoms with Crippen molar-refractivity contribution in [2.75, 3.05) is 11.5 Å². The summed E-state index contributed by atoms with van der Waals surface area (Å²) in [6, 6.07) is 14.0. The molecule has 0 saturated heterocycles. The Morgan fingerprint density at radius 1 is 0.938 bits per heavy atom. The number of nitrogen functional groups attached to an aromatic ring is 2. The van der Waals surface area contributed by atoms with Gasteiger partial charge in [0.15, 0.2) is 0 Å². The first-order valence-electron chi connectivity index (χ1n) is 5.45. The molecule has 0 aliphatic rings. The molecule has 0 heterocycles. The molecule has 0 bridgehead atoms. The second kappa shape index (κ2) is 4.27. The average molecular weight is 212 g/mol. The Bertz CT molecular complexity index is 490. The molecule has 2 aromatic carbocycles. The van der Waals surface area contributed by atoms with E-state index in [0.29, 0.717) is 0 Å². The highest BCUT2D eigenvalue weighted by Crippen LogP contribution is 2.30. The van der Waals surface area contributed by atoms with Crippen molar-refractivity contribution in [3.8, 4) is 11.1 Å². The summed E-state index contributed by atoms with van der Waals surface area (Å²) >= 11 is 0. The number of hydrogen-bond acceptors (Lipinski definition) is 2. The fraction of sp³-hybridized carbons (Fsp3) is 0.143. The summed E-state index contributed by atoms with van der Waals surface area (Å²) in [6.07, 6.45) is 0.908. The van der Waals surface area contributed by atoms with Gasteiger partial charge in [-0.15, -0.1) is 0 Å². The van der Waals surface area contributed by atoms with E-state index in [1.165, 1.54) is 0 Å². The molecule has 0 unspecified atom stereocenters. The third-order valence-electron chi connectivity index (χ3n) is 2.78. The van der Waals surface area contributed by atoms with Crippen LogP contribution in [-0.4, -0.2) is 0 Å². The van der Waals surface area contributed by atoms with Crippen molar-refractivity contribution in [1.82, 2.24) is 0 Å². The van der Waals surface area contributed by atoms with Crippen LogP contribution in [0, 0.1) is 0 Å². The lowest BCUT2D eigenvalue weighted by Crippen LogP contribution is -1.98. The molecule has 0 fully saturated rings. The smallest absolute Gasteiger partial charge is 0.0398 e. The molecule has 0 aromatic heterocycles. The zero-order chi connectivity index (χ0) is 11.5. The van der Waals surface area contributed by atoms with E-state index >= 15 is 0 Å². The molecule has 4 N–H and O–H groups in total. The highest BCUT2D eigenvalue weighted by Gasteiger charge is 2.06. The maximum absolute atomic E-state index is 6.04. The average Bonchev–Trinajstić information content (AvgIpc) is 2.32. The number of anilines is 2. The van der Waals surface area contributed by atoms with Gasteiger partial charge in [0.05, 0.1) is 0 Å². The van der Waals surface area contributed by atoms with Crippen LogP contribution in [-0.2, 0) is 6.42 Å². The van der Waals surface area contributed by atoms with Crippen molar-refractivity contribution in [3.63, 3.8) is 0 Å². The monoisotopic (exact) mass is 212 g/mol. The summed E-state index contributed by atoms with van der Waals surface area (Å²) in [5.74, 6) is 0. The van der Waals surface area contributed by atoms with Gasteiger partial charge in [-0.1, -0.05) is 37.3 Å². The summed E-state index contributed by atoms with van der Waals surface area (Å²) < 4.78 is 0. The Morgan fingerprint density at radius 3 is 2.25 bits per heavy atom. The van der Waals surface area contributed by atoms with E-state index in [1.807, 2.05) is 42.5 Å². The number of benzene rings is 2. The lowest BCUT2D eigenvalue weighted by Gasteiger charge is -2.10. The summed E-state index contributed by atoms with van der Waals surface area (Å²) in [7, 11) is 0. The highest BCUT2D eigenvalue weighted by atomic mass is 14.6. The van der Waals surface area contributed by atoms with Gasteiger partial charge in [0.25, 0.3) is 0 Å². The predicted molar refractivity (Wildman–Crippen MR) is 70.1 cm³/mol. The van der Waals surface area contributed by atoms with Crippen molar-refractivity contribution in [3.05, 3.63) is 48.0 Å². The Kier molecular flexibility index (Phi) is 2.82. The van der Waals surface area contributed by atoms with Crippen LogP contribution >= 0.6 is 0 Å². The molecule has 0 atom stereocenters. The van der Waals surface area contributed by atoms with Gasteiger partial charge in [-0.25, -0.2) is 0 Å². The largest absolute Gasteiger partial charge is 0.398 e. The minimum absolute atomic E-state index is 0.789. The van der Waals surface area contributed by atoms with E-state index < -0.39 is 0 Å². The van der Waals surface area contributed by atoms with E-state index in [1.54, 1.807) is 0 Å². The quantitative estimate of drug-likeness (QED) is 0.751. The number of hydrogen-bond donors (Lipinski definition) is 2. The van der Waals surface area contributed by atoms with E-state index in [0.717, 1.165) is 34.5 Å². The molecule has 0 radical (unpaired) electrons. The molecule has 2 aromatic rings. The molecule has 16 heavy (non-hydrogen) atoms. The van der Waals surface area contributed by atoms with Gasteiger partial charge < -0.3 is 11.5 Å². The minimum atomic E-state index is 0.789. The van der Waals surface area contributed by atoms with Gasteiger partial charge in [-0.2, -0.15) is 0 Å². The van der Waals surface area contributed by atoms with Gasteiger partial charge in [-0.3, -0.25) is 0 Å². The third-order valence-corrected chi connectivity index (χ3v) is 2.78. The van der Waals surface area contributed by atoms with Crippen molar-refractivity contribution in [2.45, 2.75) is 13.3 Å². The van der Waals surface area contributed by atoms with Crippen molar-refractivity contribution < 1.29 is 0 Å². The van der Waals surface area contributed by atoms with Crippen LogP contribution in [0.5, 0.6) is 0 Å². The van der Waals surface area contributed by atoms with Crippen LogP contribution < -0.4 is 11.5 Å². The zero-order valence-electron chi connectivity index (χ0n) is 9.40. The van der Waals surface area contributed by atoms with Crippen LogP contribution in [0.2, 0.25) is 0 Å². The van der Waals surface area contributed by atoms with Gasteiger partial charge >= 0.3 is 0 Å². The Hall–Kier alpha value is -1.96. The lowest BCUT2D eigenvalue weighted by molar-refractivity contribution is 1.15. The fourth-order valence-electron chi connectivity index (χ4n) is 1.85. The summed E-state index contributed by atoms with van der Waals surface area (Å²) in [5, 5.41) is 0. The lowest BCUT2D eigenvalue weighted by atomic mass is 9.99. The molecule has 2 nitrogen and oxygen atoms in total. The Labute approximate surface area is 95.9 Å². The summed E-state index contributed by atoms with van der Waals surface area (Å²) in [4.78, 5) is 0. The van der Waals surface area contributed by atoms with Crippen LogP contribution in [0.15, 0.2) is 42.5 Å². The molecule has 0 saturated carbocycles. The normalized spacial score (nSPS) is 10.3. The molecule has 82 valence electrons. The zero-order valence-corrected chi connectivity index (χ0v) is 9.40. The first-order chi connectivity index (χ1) is 7.72. The molecule has 0 aliphatic carbocycles. The van der Waals surface area contributed by atoms with E-state index in [2.05, 4.69) is 6.92 Å². The van der Waals surface area contributed by atoms with Crippen LogP contribution in [0.4, 0.5) is 11.4 Å². The standard InChI is InChI=1S/C14H16N2/c1-2-10-8-14(16)12(9-13(10)15)11-6-4-3-5-7-11/h3-9H,2,15-16H2,1H3.